The SMILES string of the molecule is O=C(CC(c1ccccc1)c1ccccc1)NCc1ccc(OC(F)F)cc1. The molecule has 28 heavy (non-hydrogen) atoms. The quantitative estimate of drug-likeness (QED) is 0.588. The lowest BCUT2D eigenvalue weighted by molar-refractivity contribution is -0.121. The Bertz CT molecular complexity index is 829. The van der Waals surface area contributed by atoms with E-state index >= 15 is 0 Å². The second-order valence-electron chi connectivity index (χ2n) is 6.38. The molecular formula is C23H21F2NO2. The number of rotatable bonds is 8. The first-order chi connectivity index (χ1) is 13.6. The van der Waals surface area contributed by atoms with Crippen LogP contribution in [-0.4, -0.2) is 12.5 Å². The first-order valence-corrected chi connectivity index (χ1v) is 9.02. The van der Waals surface area contributed by atoms with Crippen LogP contribution in [0, 0.1) is 0 Å². The lowest BCUT2D eigenvalue weighted by Crippen LogP contribution is -2.25. The molecule has 1 N–H and O–H groups in total. The van der Waals surface area contributed by atoms with Crippen LogP contribution < -0.4 is 10.1 Å². The number of halogens is 2. The topological polar surface area (TPSA) is 38.3 Å². The van der Waals surface area contributed by atoms with Crippen LogP contribution in [0.1, 0.15) is 29.0 Å². The molecule has 3 nitrogen and oxygen atoms in total. The molecule has 0 spiro atoms. The summed E-state index contributed by atoms with van der Waals surface area (Å²) in [6.07, 6.45) is 0.320. The summed E-state index contributed by atoms with van der Waals surface area (Å²) >= 11 is 0. The van der Waals surface area contributed by atoms with Gasteiger partial charge in [0.1, 0.15) is 5.75 Å². The summed E-state index contributed by atoms with van der Waals surface area (Å²) in [5.41, 5.74) is 2.97. The van der Waals surface area contributed by atoms with Crippen molar-refractivity contribution in [2.45, 2.75) is 25.5 Å². The smallest absolute Gasteiger partial charge is 0.387 e. The van der Waals surface area contributed by atoms with Crippen LogP contribution in [-0.2, 0) is 11.3 Å². The molecule has 0 aromatic heterocycles. The van der Waals surface area contributed by atoms with Crippen molar-refractivity contribution >= 4 is 5.91 Å². The summed E-state index contributed by atoms with van der Waals surface area (Å²) in [6, 6.07) is 26.1. The summed E-state index contributed by atoms with van der Waals surface area (Å²) < 4.78 is 28.7. The highest BCUT2D eigenvalue weighted by Crippen LogP contribution is 2.27. The van der Waals surface area contributed by atoms with E-state index in [1.54, 1.807) is 12.1 Å². The summed E-state index contributed by atoms with van der Waals surface area (Å²) in [7, 11) is 0. The van der Waals surface area contributed by atoms with Gasteiger partial charge >= 0.3 is 6.61 Å². The minimum atomic E-state index is -2.85. The van der Waals surface area contributed by atoms with Crippen molar-refractivity contribution < 1.29 is 18.3 Å². The monoisotopic (exact) mass is 381 g/mol. The third-order valence-electron chi connectivity index (χ3n) is 4.43. The lowest BCUT2D eigenvalue weighted by Gasteiger charge is -2.18. The van der Waals surface area contributed by atoms with Crippen molar-refractivity contribution in [1.29, 1.82) is 0 Å². The third kappa shape index (κ3) is 5.64. The maximum atomic E-state index is 12.6. The molecule has 0 heterocycles. The summed E-state index contributed by atoms with van der Waals surface area (Å²) in [5, 5.41) is 2.90. The van der Waals surface area contributed by atoms with Crippen LogP contribution in [0.4, 0.5) is 8.78 Å². The third-order valence-corrected chi connectivity index (χ3v) is 4.43. The Balaban J connectivity index is 1.63. The van der Waals surface area contributed by atoms with E-state index in [1.165, 1.54) is 12.1 Å². The van der Waals surface area contributed by atoms with E-state index in [0.29, 0.717) is 13.0 Å². The van der Waals surface area contributed by atoms with Crippen LogP contribution in [0.3, 0.4) is 0 Å². The number of carbonyl (C=O) groups excluding carboxylic acids is 1. The molecule has 0 unspecified atom stereocenters. The Labute approximate surface area is 163 Å². The molecule has 5 heteroatoms. The molecule has 144 valence electrons. The van der Waals surface area contributed by atoms with Gasteiger partial charge in [0.25, 0.3) is 0 Å². The van der Waals surface area contributed by atoms with E-state index in [-0.39, 0.29) is 17.6 Å². The standard InChI is InChI=1S/C23H21F2NO2/c24-23(25)28-20-13-11-17(12-14-20)16-26-22(27)15-21(18-7-3-1-4-8-18)19-9-5-2-6-10-19/h1-14,21,23H,15-16H2,(H,26,27). The van der Waals surface area contributed by atoms with Crippen LogP contribution in [0.5, 0.6) is 5.75 Å². The van der Waals surface area contributed by atoms with Crippen molar-refractivity contribution in [2.24, 2.45) is 0 Å². The Hall–Kier alpha value is -3.21. The number of alkyl halides is 2. The summed E-state index contributed by atoms with van der Waals surface area (Å²) in [6.45, 7) is -2.53. The molecule has 3 rings (SSSR count). The second kappa shape index (κ2) is 9.65. The molecule has 3 aromatic carbocycles. The zero-order valence-corrected chi connectivity index (χ0v) is 15.2. The van der Waals surface area contributed by atoms with Gasteiger partial charge in [-0.05, 0) is 28.8 Å². The molecule has 0 aliphatic carbocycles. The van der Waals surface area contributed by atoms with Crippen molar-refractivity contribution in [3.63, 3.8) is 0 Å². The van der Waals surface area contributed by atoms with Crippen molar-refractivity contribution in [1.82, 2.24) is 5.32 Å². The highest BCUT2D eigenvalue weighted by Gasteiger charge is 2.17. The Morgan fingerprint density at radius 1 is 0.821 bits per heavy atom. The minimum Gasteiger partial charge on any atom is -0.435 e. The summed E-state index contributed by atoms with van der Waals surface area (Å²) in [4.78, 5) is 12.6. The first kappa shape index (κ1) is 19.5. The van der Waals surface area contributed by atoms with Crippen molar-refractivity contribution in [2.75, 3.05) is 0 Å². The van der Waals surface area contributed by atoms with Gasteiger partial charge in [0, 0.05) is 18.9 Å². The molecule has 0 atom stereocenters. The van der Waals surface area contributed by atoms with E-state index in [4.69, 9.17) is 0 Å². The normalized spacial score (nSPS) is 10.9. The van der Waals surface area contributed by atoms with E-state index in [2.05, 4.69) is 10.1 Å². The van der Waals surface area contributed by atoms with Gasteiger partial charge in [-0.1, -0.05) is 72.8 Å². The molecule has 0 radical (unpaired) electrons. The van der Waals surface area contributed by atoms with Gasteiger partial charge in [0.05, 0.1) is 0 Å². The van der Waals surface area contributed by atoms with Gasteiger partial charge in [-0.3, -0.25) is 4.79 Å². The minimum absolute atomic E-state index is 0.0378. The lowest BCUT2D eigenvalue weighted by atomic mass is 9.88. The molecular weight excluding hydrogens is 360 g/mol. The Morgan fingerprint density at radius 3 is 1.86 bits per heavy atom. The average molecular weight is 381 g/mol. The zero-order chi connectivity index (χ0) is 19.8. The number of nitrogens with one attached hydrogen (secondary N) is 1. The molecule has 0 bridgehead atoms. The molecule has 0 aliphatic heterocycles. The molecule has 1 amide bonds. The second-order valence-corrected chi connectivity index (χ2v) is 6.38. The largest absolute Gasteiger partial charge is 0.435 e. The predicted octanol–water partition coefficient (Wildman–Crippen LogP) is 5.13. The van der Waals surface area contributed by atoms with Crippen molar-refractivity contribution in [3.05, 3.63) is 102 Å². The maximum absolute atomic E-state index is 12.6. The highest BCUT2D eigenvalue weighted by atomic mass is 19.3. The first-order valence-electron chi connectivity index (χ1n) is 9.02. The predicted molar refractivity (Wildman–Crippen MR) is 104 cm³/mol. The van der Waals surface area contributed by atoms with Crippen molar-refractivity contribution in [3.8, 4) is 5.75 Å². The van der Waals surface area contributed by atoms with E-state index in [9.17, 15) is 13.6 Å². The zero-order valence-electron chi connectivity index (χ0n) is 15.2. The number of ether oxygens (including phenoxy) is 1. The number of carbonyl (C=O) groups is 1. The molecule has 0 saturated heterocycles. The number of hydrogen-bond acceptors (Lipinski definition) is 2. The van der Waals surface area contributed by atoms with Gasteiger partial charge in [-0.25, -0.2) is 0 Å². The maximum Gasteiger partial charge on any atom is 0.387 e. The van der Waals surface area contributed by atoms with Crippen LogP contribution >= 0.6 is 0 Å². The number of benzene rings is 3. The Kier molecular flexibility index (Phi) is 6.73. The fourth-order valence-corrected chi connectivity index (χ4v) is 3.05. The molecule has 0 fully saturated rings. The van der Waals surface area contributed by atoms with Gasteiger partial charge in [-0.15, -0.1) is 0 Å². The average Bonchev–Trinajstić information content (AvgIpc) is 2.72. The van der Waals surface area contributed by atoms with E-state index in [0.717, 1.165) is 16.7 Å². The molecule has 0 aliphatic rings. The van der Waals surface area contributed by atoms with Crippen LogP contribution in [0.2, 0.25) is 0 Å². The van der Waals surface area contributed by atoms with Gasteiger partial charge in [-0.2, -0.15) is 8.78 Å². The fourth-order valence-electron chi connectivity index (χ4n) is 3.05. The van der Waals surface area contributed by atoms with Gasteiger partial charge in [0.15, 0.2) is 0 Å². The van der Waals surface area contributed by atoms with E-state index < -0.39 is 6.61 Å². The number of amides is 1. The molecule has 0 saturated carbocycles. The molecule has 3 aromatic rings. The van der Waals surface area contributed by atoms with E-state index in [1.807, 2.05) is 60.7 Å². The number of hydrogen-bond donors (Lipinski definition) is 1. The van der Waals surface area contributed by atoms with Gasteiger partial charge < -0.3 is 10.1 Å². The fraction of sp³-hybridized carbons (Fsp3) is 0.174. The Morgan fingerprint density at radius 2 is 1.36 bits per heavy atom. The van der Waals surface area contributed by atoms with Crippen LogP contribution in [0.15, 0.2) is 84.9 Å². The summed E-state index contributed by atoms with van der Waals surface area (Å²) in [5.74, 6) is -0.0203. The highest BCUT2D eigenvalue weighted by molar-refractivity contribution is 5.77. The van der Waals surface area contributed by atoms with Crippen LogP contribution in [0.25, 0.3) is 0 Å². The van der Waals surface area contributed by atoms with Gasteiger partial charge in [0.2, 0.25) is 5.91 Å².